The molecule has 2 aliphatic carbocycles. The van der Waals surface area contributed by atoms with Gasteiger partial charge in [0, 0.05) is 12.3 Å². The molecule has 1 N–H and O–H groups in total. The Morgan fingerprint density at radius 3 is 2.71 bits per heavy atom. The largest absolute Gasteiger partial charge is 0.390 e. The topological polar surface area (TPSA) is 37.3 Å². The lowest BCUT2D eigenvalue weighted by Crippen LogP contribution is -2.38. The van der Waals surface area contributed by atoms with E-state index < -0.39 is 5.60 Å². The summed E-state index contributed by atoms with van der Waals surface area (Å²) in [6.07, 6.45) is 6.52. The molecule has 2 unspecified atom stereocenters. The Kier molecular flexibility index (Phi) is 2.81. The van der Waals surface area contributed by atoms with Crippen LogP contribution in [0.1, 0.15) is 47.0 Å². The predicted molar refractivity (Wildman–Crippen MR) is 68.6 cm³/mol. The SMILES string of the molecule is CC1=CC(=O)CC2(C)CCC(C(C)(C)O)C=C12. The Hall–Kier alpha value is -0.890. The number of ketones is 1. The molecular formula is C15H22O2. The van der Waals surface area contributed by atoms with Gasteiger partial charge in [-0.25, -0.2) is 0 Å². The van der Waals surface area contributed by atoms with E-state index in [-0.39, 0.29) is 17.1 Å². The van der Waals surface area contributed by atoms with Crippen LogP contribution in [-0.2, 0) is 4.79 Å². The van der Waals surface area contributed by atoms with Crippen molar-refractivity contribution in [3.63, 3.8) is 0 Å². The molecule has 0 amide bonds. The molecule has 0 bridgehead atoms. The normalized spacial score (nSPS) is 33.9. The van der Waals surface area contributed by atoms with Gasteiger partial charge in [0.1, 0.15) is 0 Å². The maximum absolute atomic E-state index is 11.7. The van der Waals surface area contributed by atoms with Gasteiger partial charge in [-0.15, -0.1) is 0 Å². The van der Waals surface area contributed by atoms with Crippen LogP contribution in [-0.4, -0.2) is 16.5 Å². The summed E-state index contributed by atoms with van der Waals surface area (Å²) in [6.45, 7) is 7.91. The first-order valence-corrected chi connectivity index (χ1v) is 6.38. The second-order valence-corrected chi connectivity index (χ2v) is 6.41. The van der Waals surface area contributed by atoms with E-state index in [0.29, 0.717) is 6.42 Å². The van der Waals surface area contributed by atoms with Gasteiger partial charge in [0.2, 0.25) is 0 Å². The predicted octanol–water partition coefficient (Wildman–Crippen LogP) is 3.02. The first-order valence-electron chi connectivity index (χ1n) is 6.38. The molecule has 17 heavy (non-hydrogen) atoms. The fourth-order valence-electron chi connectivity index (χ4n) is 3.20. The summed E-state index contributed by atoms with van der Waals surface area (Å²) < 4.78 is 0. The van der Waals surface area contributed by atoms with E-state index in [1.807, 2.05) is 20.8 Å². The quantitative estimate of drug-likeness (QED) is 0.757. The molecule has 0 aromatic rings. The molecular weight excluding hydrogens is 212 g/mol. The summed E-state index contributed by atoms with van der Waals surface area (Å²) in [5.74, 6) is 0.436. The molecule has 0 heterocycles. The van der Waals surface area contributed by atoms with Crippen LogP contribution in [0.25, 0.3) is 0 Å². The van der Waals surface area contributed by atoms with Crippen molar-refractivity contribution in [1.82, 2.24) is 0 Å². The molecule has 0 spiro atoms. The molecule has 0 radical (unpaired) electrons. The lowest BCUT2D eigenvalue weighted by atomic mass is 9.62. The van der Waals surface area contributed by atoms with Gasteiger partial charge in [-0.3, -0.25) is 4.79 Å². The van der Waals surface area contributed by atoms with Crippen LogP contribution in [0.15, 0.2) is 23.3 Å². The van der Waals surface area contributed by atoms with E-state index in [2.05, 4.69) is 13.0 Å². The van der Waals surface area contributed by atoms with Crippen LogP contribution in [0, 0.1) is 11.3 Å². The van der Waals surface area contributed by atoms with Crippen molar-refractivity contribution >= 4 is 5.78 Å². The monoisotopic (exact) mass is 234 g/mol. The highest BCUT2D eigenvalue weighted by Gasteiger charge is 2.41. The molecule has 2 nitrogen and oxygen atoms in total. The van der Waals surface area contributed by atoms with Gasteiger partial charge in [-0.1, -0.05) is 13.0 Å². The van der Waals surface area contributed by atoms with Crippen molar-refractivity contribution in [1.29, 1.82) is 0 Å². The van der Waals surface area contributed by atoms with Crippen LogP contribution in [0.2, 0.25) is 0 Å². The summed E-state index contributed by atoms with van der Waals surface area (Å²) in [6, 6.07) is 0. The molecule has 2 rings (SSSR count). The van der Waals surface area contributed by atoms with Crippen molar-refractivity contribution in [2.45, 2.75) is 52.6 Å². The Morgan fingerprint density at radius 1 is 1.47 bits per heavy atom. The number of rotatable bonds is 1. The lowest BCUT2D eigenvalue weighted by molar-refractivity contribution is -0.116. The highest BCUT2D eigenvalue weighted by molar-refractivity contribution is 5.93. The molecule has 2 aliphatic rings. The Bertz CT molecular complexity index is 409. The smallest absolute Gasteiger partial charge is 0.156 e. The van der Waals surface area contributed by atoms with Crippen LogP contribution in [0.5, 0.6) is 0 Å². The van der Waals surface area contributed by atoms with E-state index in [9.17, 15) is 9.90 Å². The minimum absolute atomic E-state index is 0.00231. The number of carbonyl (C=O) groups is 1. The number of hydrogen-bond donors (Lipinski definition) is 1. The zero-order chi connectivity index (χ0) is 12.8. The molecule has 94 valence electrons. The van der Waals surface area contributed by atoms with Crippen LogP contribution in [0.3, 0.4) is 0 Å². The van der Waals surface area contributed by atoms with E-state index in [0.717, 1.165) is 18.4 Å². The molecule has 0 aliphatic heterocycles. The second-order valence-electron chi connectivity index (χ2n) is 6.41. The summed E-state index contributed by atoms with van der Waals surface area (Å²) >= 11 is 0. The van der Waals surface area contributed by atoms with Gasteiger partial charge in [0.05, 0.1) is 5.60 Å². The third-order valence-electron chi connectivity index (χ3n) is 4.30. The lowest BCUT2D eigenvalue weighted by Gasteiger charge is -2.43. The number of hydrogen-bond acceptors (Lipinski definition) is 2. The van der Waals surface area contributed by atoms with Crippen molar-refractivity contribution in [3.8, 4) is 0 Å². The van der Waals surface area contributed by atoms with E-state index in [1.54, 1.807) is 6.08 Å². The maximum Gasteiger partial charge on any atom is 0.156 e. The van der Waals surface area contributed by atoms with E-state index in [4.69, 9.17) is 0 Å². The summed E-state index contributed by atoms with van der Waals surface area (Å²) in [5.41, 5.74) is 1.68. The van der Waals surface area contributed by atoms with Gasteiger partial charge in [0.25, 0.3) is 0 Å². The third kappa shape index (κ3) is 2.23. The molecule has 2 heteroatoms. The zero-order valence-electron chi connectivity index (χ0n) is 11.2. The summed E-state index contributed by atoms with van der Waals surface area (Å²) in [7, 11) is 0. The van der Waals surface area contributed by atoms with Crippen LogP contribution < -0.4 is 0 Å². The first kappa shape index (κ1) is 12.6. The third-order valence-corrected chi connectivity index (χ3v) is 4.30. The maximum atomic E-state index is 11.7. The number of allylic oxidation sites excluding steroid dienone is 3. The van der Waals surface area contributed by atoms with Crippen molar-refractivity contribution in [3.05, 3.63) is 23.3 Å². The number of carbonyl (C=O) groups excluding carboxylic acids is 1. The van der Waals surface area contributed by atoms with E-state index in [1.165, 1.54) is 5.57 Å². The van der Waals surface area contributed by atoms with Crippen molar-refractivity contribution in [2.24, 2.45) is 11.3 Å². The van der Waals surface area contributed by atoms with Crippen LogP contribution >= 0.6 is 0 Å². The fraction of sp³-hybridized carbons (Fsp3) is 0.667. The van der Waals surface area contributed by atoms with Gasteiger partial charge < -0.3 is 5.11 Å². The van der Waals surface area contributed by atoms with Gasteiger partial charge in [-0.05, 0) is 56.3 Å². The van der Waals surface area contributed by atoms with E-state index >= 15 is 0 Å². The Morgan fingerprint density at radius 2 is 2.12 bits per heavy atom. The average molecular weight is 234 g/mol. The standard InChI is InChI=1S/C15H22O2/c1-10-7-12(16)9-15(4)6-5-11(8-13(10)15)14(2,3)17/h7-8,11,17H,5-6,9H2,1-4H3. The molecule has 0 aromatic carbocycles. The van der Waals surface area contributed by atoms with Gasteiger partial charge in [0.15, 0.2) is 5.78 Å². The number of fused-ring (bicyclic) bond motifs is 1. The minimum atomic E-state index is -0.671. The highest BCUT2D eigenvalue weighted by Crippen LogP contribution is 2.49. The summed E-state index contributed by atoms with van der Waals surface area (Å²) in [5, 5.41) is 10.1. The Balaban J connectivity index is 2.42. The fourth-order valence-corrected chi connectivity index (χ4v) is 3.20. The molecule has 0 aromatic heterocycles. The Labute approximate surface area is 103 Å². The van der Waals surface area contributed by atoms with Crippen molar-refractivity contribution < 1.29 is 9.90 Å². The van der Waals surface area contributed by atoms with Crippen LogP contribution in [0.4, 0.5) is 0 Å². The average Bonchev–Trinajstić information content (AvgIpc) is 2.13. The van der Waals surface area contributed by atoms with Crippen molar-refractivity contribution in [2.75, 3.05) is 0 Å². The number of aliphatic hydroxyl groups is 1. The minimum Gasteiger partial charge on any atom is -0.390 e. The van der Waals surface area contributed by atoms with Gasteiger partial charge >= 0.3 is 0 Å². The molecule has 0 saturated carbocycles. The molecule has 0 saturated heterocycles. The second kappa shape index (κ2) is 3.81. The molecule has 2 atom stereocenters. The molecule has 0 fully saturated rings. The summed E-state index contributed by atoms with van der Waals surface area (Å²) in [4.78, 5) is 11.7. The highest BCUT2D eigenvalue weighted by atomic mass is 16.3. The zero-order valence-corrected chi connectivity index (χ0v) is 11.2. The first-order chi connectivity index (χ1) is 7.72. The van der Waals surface area contributed by atoms with Gasteiger partial charge in [-0.2, -0.15) is 0 Å².